The first kappa shape index (κ1) is 12.2. The Hall–Kier alpha value is -1.24. The van der Waals surface area contributed by atoms with Crippen molar-refractivity contribution in [3.63, 3.8) is 0 Å². The molecule has 0 radical (unpaired) electrons. The van der Waals surface area contributed by atoms with Crippen LogP contribution in [0.3, 0.4) is 0 Å². The minimum absolute atomic E-state index is 0.133. The summed E-state index contributed by atoms with van der Waals surface area (Å²) in [4.78, 5) is 20.4. The van der Waals surface area contributed by atoms with E-state index >= 15 is 0 Å². The van der Waals surface area contributed by atoms with Gasteiger partial charge in [0.2, 0.25) is 0 Å². The first-order valence-corrected chi connectivity index (χ1v) is 5.71. The van der Waals surface area contributed by atoms with Crippen molar-refractivity contribution >= 4 is 0 Å². The van der Waals surface area contributed by atoms with Crippen LogP contribution in [0.2, 0.25) is 0 Å². The molecule has 0 bridgehead atoms. The molecule has 6 heteroatoms. The summed E-state index contributed by atoms with van der Waals surface area (Å²) in [6.45, 7) is 4.57. The van der Waals surface area contributed by atoms with Crippen LogP contribution in [0.15, 0.2) is 10.9 Å². The van der Waals surface area contributed by atoms with Crippen LogP contribution in [0.5, 0.6) is 0 Å². The lowest BCUT2D eigenvalue weighted by molar-refractivity contribution is -0.0359. The van der Waals surface area contributed by atoms with Crippen molar-refractivity contribution in [1.82, 2.24) is 14.9 Å². The number of hydrogen-bond acceptors (Lipinski definition) is 5. The van der Waals surface area contributed by atoms with Gasteiger partial charge in [-0.25, -0.2) is 4.98 Å². The molecule has 1 aromatic rings. The highest BCUT2D eigenvalue weighted by atomic mass is 16.5. The normalized spacial score (nSPS) is 21.6. The van der Waals surface area contributed by atoms with Gasteiger partial charge >= 0.3 is 0 Å². The van der Waals surface area contributed by atoms with Gasteiger partial charge in [-0.3, -0.25) is 9.69 Å². The number of aryl methyl sites for hydroxylation is 1. The van der Waals surface area contributed by atoms with Crippen molar-refractivity contribution in [2.24, 2.45) is 0 Å². The Kier molecular flexibility index (Phi) is 3.88. The molecule has 2 heterocycles. The number of aliphatic hydroxyl groups is 1. The smallest absolute Gasteiger partial charge is 0.251 e. The number of morpholine rings is 1. The highest BCUT2D eigenvalue weighted by molar-refractivity contribution is 5.07. The zero-order chi connectivity index (χ0) is 12.3. The van der Waals surface area contributed by atoms with Crippen molar-refractivity contribution in [3.8, 4) is 0 Å². The van der Waals surface area contributed by atoms with Crippen molar-refractivity contribution in [2.45, 2.75) is 13.0 Å². The first-order chi connectivity index (χ1) is 8.19. The van der Waals surface area contributed by atoms with Crippen LogP contribution in [0.1, 0.15) is 17.6 Å². The lowest BCUT2D eigenvalue weighted by Crippen LogP contribution is -2.40. The quantitative estimate of drug-likeness (QED) is 0.739. The molecule has 0 unspecified atom stereocenters. The van der Waals surface area contributed by atoms with E-state index in [4.69, 9.17) is 9.84 Å². The topological polar surface area (TPSA) is 78.5 Å². The van der Waals surface area contributed by atoms with E-state index in [0.717, 1.165) is 6.54 Å². The van der Waals surface area contributed by atoms with Gasteiger partial charge < -0.3 is 14.8 Å². The highest BCUT2D eigenvalue weighted by Gasteiger charge is 2.23. The maximum Gasteiger partial charge on any atom is 0.251 e. The lowest BCUT2D eigenvalue weighted by Gasteiger charge is -2.32. The minimum Gasteiger partial charge on any atom is -0.395 e. The van der Waals surface area contributed by atoms with Crippen molar-refractivity contribution in [2.75, 3.05) is 32.8 Å². The van der Waals surface area contributed by atoms with Crippen LogP contribution in [-0.4, -0.2) is 52.8 Å². The van der Waals surface area contributed by atoms with Gasteiger partial charge in [0.25, 0.3) is 5.56 Å². The third kappa shape index (κ3) is 3.12. The number of nitrogens with one attached hydrogen (secondary N) is 1. The zero-order valence-electron chi connectivity index (χ0n) is 9.85. The second kappa shape index (κ2) is 5.39. The Morgan fingerprint density at radius 1 is 1.71 bits per heavy atom. The summed E-state index contributed by atoms with van der Waals surface area (Å²) in [5.41, 5.74) is 0.504. The summed E-state index contributed by atoms with van der Waals surface area (Å²) in [5.74, 6) is 0.593. The van der Waals surface area contributed by atoms with E-state index in [0.29, 0.717) is 31.2 Å². The molecular formula is C11H17N3O3. The molecule has 17 heavy (non-hydrogen) atoms. The van der Waals surface area contributed by atoms with E-state index < -0.39 is 0 Å². The van der Waals surface area contributed by atoms with Gasteiger partial charge in [0.05, 0.1) is 18.9 Å². The molecule has 0 amide bonds. The van der Waals surface area contributed by atoms with Gasteiger partial charge in [0.1, 0.15) is 11.9 Å². The Labute approximate surface area is 99.2 Å². The number of rotatable bonds is 3. The molecule has 0 aromatic carbocycles. The van der Waals surface area contributed by atoms with Gasteiger partial charge in [0, 0.05) is 25.7 Å². The minimum atomic E-state index is -0.184. The fraction of sp³-hybridized carbons (Fsp3) is 0.636. The zero-order valence-corrected chi connectivity index (χ0v) is 9.85. The van der Waals surface area contributed by atoms with Gasteiger partial charge in [-0.15, -0.1) is 0 Å². The van der Waals surface area contributed by atoms with E-state index in [1.807, 2.05) is 0 Å². The molecule has 0 saturated carbocycles. The maximum atomic E-state index is 11.4. The van der Waals surface area contributed by atoms with Crippen LogP contribution >= 0.6 is 0 Å². The monoisotopic (exact) mass is 239 g/mol. The molecule has 2 N–H and O–H groups in total. The molecule has 1 fully saturated rings. The Bertz CT molecular complexity index is 430. The van der Waals surface area contributed by atoms with Gasteiger partial charge in [0.15, 0.2) is 0 Å². The molecule has 2 rings (SSSR count). The van der Waals surface area contributed by atoms with Crippen LogP contribution in [0, 0.1) is 6.92 Å². The van der Waals surface area contributed by atoms with Crippen LogP contribution in [0.4, 0.5) is 0 Å². The SMILES string of the molecule is Cc1nc([C@@H]2CN(CCO)CCO2)cc(=O)[nH]1. The Morgan fingerprint density at radius 2 is 2.53 bits per heavy atom. The number of aromatic amines is 1. The fourth-order valence-electron chi connectivity index (χ4n) is 1.99. The summed E-state index contributed by atoms with van der Waals surface area (Å²) < 4.78 is 5.61. The van der Waals surface area contributed by atoms with Crippen LogP contribution in [-0.2, 0) is 4.74 Å². The second-order valence-electron chi connectivity index (χ2n) is 4.14. The van der Waals surface area contributed by atoms with Gasteiger partial charge in [-0.2, -0.15) is 0 Å². The average molecular weight is 239 g/mol. The third-order valence-corrected chi connectivity index (χ3v) is 2.78. The number of hydrogen-bond donors (Lipinski definition) is 2. The molecule has 0 spiro atoms. The maximum absolute atomic E-state index is 11.4. The van der Waals surface area contributed by atoms with E-state index in [1.54, 1.807) is 6.92 Å². The predicted molar refractivity (Wildman–Crippen MR) is 61.8 cm³/mol. The Morgan fingerprint density at radius 3 is 3.24 bits per heavy atom. The van der Waals surface area contributed by atoms with Crippen molar-refractivity contribution in [3.05, 3.63) is 27.9 Å². The van der Waals surface area contributed by atoms with E-state index in [2.05, 4.69) is 14.9 Å². The summed E-state index contributed by atoms with van der Waals surface area (Å²) in [5, 5.41) is 8.91. The summed E-state index contributed by atoms with van der Waals surface area (Å²) in [6.07, 6.45) is -0.184. The number of H-pyrrole nitrogens is 1. The molecule has 6 nitrogen and oxygen atoms in total. The number of aliphatic hydroxyl groups excluding tert-OH is 1. The first-order valence-electron chi connectivity index (χ1n) is 5.71. The number of β-amino-alcohol motifs (C(OH)–C–C–N with tert-alkyl or cyclic N) is 1. The van der Waals surface area contributed by atoms with Crippen molar-refractivity contribution in [1.29, 1.82) is 0 Å². The lowest BCUT2D eigenvalue weighted by atomic mass is 10.2. The summed E-state index contributed by atoms with van der Waals surface area (Å²) >= 11 is 0. The molecule has 1 aliphatic heterocycles. The van der Waals surface area contributed by atoms with Gasteiger partial charge in [-0.05, 0) is 6.92 Å². The number of aromatic nitrogens is 2. The third-order valence-electron chi connectivity index (χ3n) is 2.78. The molecular weight excluding hydrogens is 222 g/mol. The van der Waals surface area contributed by atoms with Crippen LogP contribution < -0.4 is 5.56 Å². The fourth-order valence-corrected chi connectivity index (χ4v) is 1.99. The predicted octanol–water partition coefficient (Wildman–Crippen LogP) is -0.556. The van der Waals surface area contributed by atoms with Gasteiger partial charge in [-0.1, -0.05) is 0 Å². The standard InChI is InChI=1S/C11H17N3O3/c1-8-12-9(6-11(16)13-8)10-7-14(2-4-15)3-5-17-10/h6,10,15H,2-5,7H2,1H3,(H,12,13,16)/t10-/m0/s1. The van der Waals surface area contributed by atoms with Crippen molar-refractivity contribution < 1.29 is 9.84 Å². The van der Waals surface area contributed by atoms with E-state index in [-0.39, 0.29) is 18.3 Å². The summed E-state index contributed by atoms with van der Waals surface area (Å²) in [7, 11) is 0. The number of ether oxygens (including phenoxy) is 1. The average Bonchev–Trinajstić information content (AvgIpc) is 2.28. The van der Waals surface area contributed by atoms with E-state index in [1.165, 1.54) is 6.07 Å². The van der Waals surface area contributed by atoms with Crippen LogP contribution in [0.25, 0.3) is 0 Å². The molecule has 1 aromatic heterocycles. The molecule has 1 aliphatic rings. The van der Waals surface area contributed by atoms with E-state index in [9.17, 15) is 4.79 Å². The second-order valence-corrected chi connectivity index (χ2v) is 4.14. The summed E-state index contributed by atoms with van der Waals surface area (Å²) in [6, 6.07) is 1.47. The largest absolute Gasteiger partial charge is 0.395 e. The molecule has 0 aliphatic carbocycles. The number of nitrogens with zero attached hydrogens (tertiary/aromatic N) is 2. The molecule has 1 saturated heterocycles. The highest BCUT2D eigenvalue weighted by Crippen LogP contribution is 2.19. The molecule has 94 valence electrons. The molecule has 1 atom stereocenters. The Balaban J connectivity index is 2.13.